The third kappa shape index (κ3) is 3.91. The van der Waals surface area contributed by atoms with Crippen molar-refractivity contribution in [1.29, 1.82) is 0 Å². The number of likely N-dealkylation sites (N-methyl/N-ethyl adjacent to an activating group) is 1. The summed E-state index contributed by atoms with van der Waals surface area (Å²) in [6.07, 6.45) is 0.249. The van der Waals surface area contributed by atoms with Gasteiger partial charge in [-0.3, -0.25) is 4.90 Å². The highest BCUT2D eigenvalue weighted by Crippen LogP contribution is 2.16. The lowest BCUT2D eigenvalue weighted by Crippen LogP contribution is -2.45. The summed E-state index contributed by atoms with van der Waals surface area (Å²) in [6, 6.07) is 6.07. The van der Waals surface area contributed by atoms with Gasteiger partial charge in [-0.2, -0.15) is 0 Å². The van der Waals surface area contributed by atoms with Crippen LogP contribution in [-0.4, -0.2) is 48.8 Å². The number of nitrogens with zero attached hydrogens (tertiary/aromatic N) is 1. The summed E-state index contributed by atoms with van der Waals surface area (Å²) in [4.78, 5) is 2.86. The molecule has 1 aromatic rings. The fourth-order valence-corrected chi connectivity index (χ4v) is 2.70. The van der Waals surface area contributed by atoms with Gasteiger partial charge in [0.15, 0.2) is 0 Å². The van der Waals surface area contributed by atoms with Crippen molar-refractivity contribution in [3.63, 3.8) is 0 Å². The molecule has 1 unspecified atom stereocenters. The molecule has 1 heterocycles. The van der Waals surface area contributed by atoms with Crippen LogP contribution < -0.4 is 11.1 Å². The normalized spacial score (nSPS) is 19.8. The van der Waals surface area contributed by atoms with Gasteiger partial charge >= 0.3 is 0 Å². The second-order valence-electron chi connectivity index (χ2n) is 5.16. The number of anilines is 1. The molecule has 1 aliphatic rings. The zero-order valence-corrected chi connectivity index (χ0v) is 13.0. The van der Waals surface area contributed by atoms with Crippen molar-refractivity contribution in [2.45, 2.75) is 20.0 Å². The molecule has 5 heteroatoms. The zero-order valence-electron chi connectivity index (χ0n) is 12.2. The van der Waals surface area contributed by atoms with Crippen molar-refractivity contribution in [3.8, 4) is 0 Å². The predicted octanol–water partition coefficient (Wildman–Crippen LogP) is 1.76. The number of nitrogens with two attached hydrogens (primary N) is 1. The minimum atomic E-state index is 0.249. The molecule has 0 radical (unpaired) electrons. The van der Waals surface area contributed by atoms with E-state index in [0.29, 0.717) is 4.99 Å². The first-order valence-electron chi connectivity index (χ1n) is 7.08. The zero-order chi connectivity index (χ0) is 14.5. The van der Waals surface area contributed by atoms with Crippen molar-refractivity contribution in [1.82, 2.24) is 4.90 Å². The Kier molecular flexibility index (Phi) is 5.34. The van der Waals surface area contributed by atoms with Gasteiger partial charge in [-0.1, -0.05) is 19.1 Å². The Hall–Kier alpha value is -1.17. The number of rotatable bonds is 5. The van der Waals surface area contributed by atoms with Crippen LogP contribution in [0.4, 0.5) is 5.69 Å². The van der Waals surface area contributed by atoms with Gasteiger partial charge in [0.25, 0.3) is 0 Å². The van der Waals surface area contributed by atoms with Crippen LogP contribution in [0.1, 0.15) is 18.1 Å². The fourth-order valence-electron chi connectivity index (χ4n) is 2.47. The minimum Gasteiger partial charge on any atom is -0.389 e. The third-order valence-electron chi connectivity index (χ3n) is 3.70. The molecule has 1 aromatic carbocycles. The van der Waals surface area contributed by atoms with E-state index in [0.717, 1.165) is 49.6 Å². The molecule has 0 bridgehead atoms. The summed E-state index contributed by atoms with van der Waals surface area (Å²) in [5.74, 6) is 0. The summed E-state index contributed by atoms with van der Waals surface area (Å²) >= 11 is 5.02. The molecule has 4 nitrogen and oxygen atoms in total. The maximum atomic E-state index is 5.78. The first kappa shape index (κ1) is 15.2. The lowest BCUT2D eigenvalue weighted by molar-refractivity contribution is -0.0191. The summed E-state index contributed by atoms with van der Waals surface area (Å²) < 4.78 is 5.78. The van der Waals surface area contributed by atoms with Crippen LogP contribution in [0, 0.1) is 6.92 Å². The van der Waals surface area contributed by atoms with E-state index in [2.05, 4.69) is 23.2 Å². The van der Waals surface area contributed by atoms with Crippen molar-refractivity contribution in [2.24, 2.45) is 5.73 Å². The highest BCUT2D eigenvalue weighted by atomic mass is 32.1. The second-order valence-corrected chi connectivity index (χ2v) is 5.60. The number of thiocarbonyl (C=S) groups is 1. The number of aryl methyl sites for hydroxylation is 1. The SMILES string of the molecule is CCN1CCOC(CNc2ccc(C(N)=S)c(C)c2)C1. The Labute approximate surface area is 126 Å². The van der Waals surface area contributed by atoms with Gasteiger partial charge in [-0.15, -0.1) is 0 Å². The number of benzene rings is 1. The van der Waals surface area contributed by atoms with E-state index in [1.54, 1.807) is 0 Å². The first-order valence-corrected chi connectivity index (χ1v) is 7.49. The Morgan fingerprint density at radius 1 is 1.55 bits per heavy atom. The van der Waals surface area contributed by atoms with E-state index >= 15 is 0 Å². The van der Waals surface area contributed by atoms with Crippen LogP contribution >= 0.6 is 12.2 Å². The highest BCUT2D eigenvalue weighted by Gasteiger charge is 2.18. The number of morpholine rings is 1. The van der Waals surface area contributed by atoms with E-state index in [4.69, 9.17) is 22.7 Å². The van der Waals surface area contributed by atoms with Gasteiger partial charge in [-0.25, -0.2) is 0 Å². The molecule has 0 amide bonds. The molecule has 0 saturated carbocycles. The van der Waals surface area contributed by atoms with Gasteiger partial charge < -0.3 is 15.8 Å². The van der Waals surface area contributed by atoms with E-state index in [1.165, 1.54) is 0 Å². The quantitative estimate of drug-likeness (QED) is 0.810. The van der Waals surface area contributed by atoms with Crippen LogP contribution in [0.3, 0.4) is 0 Å². The Morgan fingerprint density at radius 3 is 3.00 bits per heavy atom. The average Bonchev–Trinajstić information content (AvgIpc) is 2.45. The van der Waals surface area contributed by atoms with Crippen LogP contribution in [0.25, 0.3) is 0 Å². The summed E-state index contributed by atoms with van der Waals surface area (Å²) in [5, 5.41) is 3.43. The molecule has 1 fully saturated rings. The van der Waals surface area contributed by atoms with E-state index < -0.39 is 0 Å². The van der Waals surface area contributed by atoms with Crippen LogP contribution in [0.2, 0.25) is 0 Å². The highest BCUT2D eigenvalue weighted by molar-refractivity contribution is 7.80. The van der Waals surface area contributed by atoms with Crippen molar-refractivity contribution >= 4 is 22.9 Å². The van der Waals surface area contributed by atoms with Crippen LogP contribution in [0.5, 0.6) is 0 Å². The number of ether oxygens (including phenoxy) is 1. The van der Waals surface area contributed by atoms with Gasteiger partial charge in [0.1, 0.15) is 4.99 Å². The molecular weight excluding hydrogens is 270 g/mol. The topological polar surface area (TPSA) is 50.5 Å². The lowest BCUT2D eigenvalue weighted by atomic mass is 10.1. The smallest absolute Gasteiger partial charge is 0.104 e. The maximum Gasteiger partial charge on any atom is 0.104 e. The van der Waals surface area contributed by atoms with Gasteiger partial charge in [0.05, 0.1) is 12.7 Å². The molecule has 3 N–H and O–H groups in total. The summed E-state index contributed by atoms with van der Waals surface area (Å²) in [5.41, 5.74) is 8.80. The van der Waals surface area contributed by atoms with Crippen molar-refractivity contribution < 1.29 is 4.74 Å². The van der Waals surface area contributed by atoms with Crippen LogP contribution in [-0.2, 0) is 4.74 Å². The standard InChI is InChI=1S/C15H23N3OS/c1-3-18-6-7-19-13(10-18)9-17-12-4-5-14(15(16)20)11(2)8-12/h4-5,8,13,17H,3,6-7,9-10H2,1-2H3,(H2,16,20). The van der Waals surface area contributed by atoms with Crippen LogP contribution in [0.15, 0.2) is 18.2 Å². The van der Waals surface area contributed by atoms with Crippen molar-refractivity contribution in [2.75, 3.05) is 38.1 Å². The molecular formula is C15H23N3OS. The number of hydrogen-bond donors (Lipinski definition) is 2. The molecule has 0 aliphatic carbocycles. The molecule has 1 aliphatic heterocycles. The number of hydrogen-bond acceptors (Lipinski definition) is 4. The molecule has 110 valence electrons. The Morgan fingerprint density at radius 2 is 2.35 bits per heavy atom. The summed E-state index contributed by atoms with van der Waals surface area (Å²) in [7, 11) is 0. The fraction of sp³-hybridized carbons (Fsp3) is 0.533. The number of nitrogens with one attached hydrogen (secondary N) is 1. The molecule has 1 saturated heterocycles. The van der Waals surface area contributed by atoms with E-state index in [1.807, 2.05) is 19.1 Å². The molecule has 0 spiro atoms. The van der Waals surface area contributed by atoms with E-state index in [-0.39, 0.29) is 6.10 Å². The van der Waals surface area contributed by atoms with E-state index in [9.17, 15) is 0 Å². The molecule has 1 atom stereocenters. The minimum absolute atomic E-state index is 0.249. The maximum absolute atomic E-state index is 5.78. The summed E-state index contributed by atoms with van der Waals surface area (Å²) in [6.45, 7) is 8.97. The third-order valence-corrected chi connectivity index (χ3v) is 3.92. The van der Waals surface area contributed by atoms with Gasteiger partial charge in [0.2, 0.25) is 0 Å². The average molecular weight is 293 g/mol. The molecule has 2 rings (SSSR count). The first-order chi connectivity index (χ1) is 9.60. The lowest BCUT2D eigenvalue weighted by Gasteiger charge is -2.32. The Bertz CT molecular complexity index is 478. The monoisotopic (exact) mass is 293 g/mol. The van der Waals surface area contributed by atoms with Crippen molar-refractivity contribution in [3.05, 3.63) is 29.3 Å². The van der Waals surface area contributed by atoms with Gasteiger partial charge in [-0.05, 0) is 37.2 Å². The Balaban J connectivity index is 1.91. The predicted molar refractivity (Wildman–Crippen MR) is 87.4 cm³/mol. The molecule has 0 aromatic heterocycles. The molecule has 20 heavy (non-hydrogen) atoms. The second kappa shape index (κ2) is 7.02. The largest absolute Gasteiger partial charge is 0.389 e. The van der Waals surface area contributed by atoms with Gasteiger partial charge in [0, 0.05) is 30.9 Å².